The summed E-state index contributed by atoms with van der Waals surface area (Å²) in [4.78, 5) is 26.4. The molecule has 2 aliphatic heterocycles. The number of quaternary nitrogens is 1. The summed E-state index contributed by atoms with van der Waals surface area (Å²) in [6.07, 6.45) is 1.27. The van der Waals surface area contributed by atoms with Crippen molar-refractivity contribution in [2.75, 3.05) is 19.6 Å². The third kappa shape index (κ3) is 5.68. The zero-order valence-corrected chi connectivity index (χ0v) is 28.8. The Kier molecular flexibility index (Phi) is 8.78. The number of hydrogen-bond donors (Lipinski definition) is 2. The minimum Gasteiger partial charge on any atom is -0.507 e. The summed E-state index contributed by atoms with van der Waals surface area (Å²) < 4.78 is 57.2. The number of carbonyl (C=O) groups is 2. The summed E-state index contributed by atoms with van der Waals surface area (Å²) in [5.41, 5.74) is -1.69. The molecule has 7 atom stereocenters. The number of carbonyl (C=O) groups excluding carboxylic acids is 2. The highest BCUT2D eigenvalue weighted by Crippen LogP contribution is 2.71. The van der Waals surface area contributed by atoms with Crippen molar-refractivity contribution in [1.82, 2.24) is 5.32 Å². The Balaban J connectivity index is 1.34. The van der Waals surface area contributed by atoms with Crippen molar-refractivity contribution in [3.63, 3.8) is 0 Å². The molecule has 266 valence electrons. The second-order valence-electron chi connectivity index (χ2n) is 15.4. The normalized spacial score (nSPS) is 33.1. The van der Waals surface area contributed by atoms with Crippen molar-refractivity contribution in [2.24, 2.45) is 23.2 Å². The largest absolute Gasteiger partial charge is 0.507 e. The van der Waals surface area contributed by atoms with E-state index in [0.717, 1.165) is 55.0 Å². The van der Waals surface area contributed by atoms with Crippen molar-refractivity contribution < 1.29 is 41.8 Å². The van der Waals surface area contributed by atoms with Crippen LogP contribution in [0.1, 0.15) is 64.0 Å². The molecule has 1 spiro atoms. The van der Waals surface area contributed by atoms with Crippen molar-refractivity contribution in [3.8, 4) is 0 Å². The lowest BCUT2D eigenvalue weighted by atomic mass is 9.46. The lowest BCUT2D eigenvalue weighted by Crippen LogP contribution is -2.73. The minimum absolute atomic E-state index is 0.128. The molecule has 2 saturated carbocycles. The lowest BCUT2D eigenvalue weighted by Gasteiger charge is -2.65. The van der Waals surface area contributed by atoms with Gasteiger partial charge in [0.15, 0.2) is 0 Å². The summed E-state index contributed by atoms with van der Waals surface area (Å²) in [5, 5.41) is 14.5. The Morgan fingerprint density at radius 1 is 1.10 bits per heavy atom. The number of alkyl halides is 3. The molecule has 2 heterocycles. The molecule has 5 aliphatic rings. The Morgan fingerprint density at radius 3 is 2.46 bits per heavy atom. The number of hydrogen-bond acceptors (Lipinski definition) is 5. The monoisotopic (exact) mass is 691 g/mol. The molecule has 3 aliphatic carbocycles. The van der Waals surface area contributed by atoms with E-state index in [0.29, 0.717) is 25.2 Å². The van der Waals surface area contributed by atoms with Crippen LogP contribution in [0.3, 0.4) is 0 Å². The zero-order chi connectivity index (χ0) is 35.5. The molecule has 0 radical (unpaired) electrons. The van der Waals surface area contributed by atoms with Crippen LogP contribution >= 0.6 is 0 Å². The summed E-state index contributed by atoms with van der Waals surface area (Å²) in [5.74, 6) is -2.34. The van der Waals surface area contributed by atoms with Gasteiger partial charge in [-0.25, -0.2) is 0 Å². The summed E-state index contributed by atoms with van der Waals surface area (Å²) in [6, 6.07) is 18.5. The molecule has 2 aromatic rings. The van der Waals surface area contributed by atoms with Crippen LogP contribution in [0, 0.1) is 23.2 Å². The third-order valence-electron chi connectivity index (χ3n) is 12.1. The smallest absolute Gasteiger partial charge is 0.421 e. The number of nitrogens with zero attached hydrogens (tertiary/aromatic N) is 1. The Bertz CT molecular complexity index is 1740. The Labute approximate surface area is 291 Å². The van der Waals surface area contributed by atoms with Gasteiger partial charge in [0.25, 0.3) is 5.91 Å². The second kappa shape index (κ2) is 12.7. The molecule has 7 nitrogen and oxygen atoms in total. The van der Waals surface area contributed by atoms with Crippen LogP contribution in [0.15, 0.2) is 89.4 Å². The summed E-state index contributed by atoms with van der Waals surface area (Å²) in [7, 11) is 0. The molecule has 1 amide bonds. The first-order valence-electron chi connectivity index (χ1n) is 17.9. The fraction of sp³-hybridized carbons (Fsp3) is 0.500. The number of halogens is 3. The van der Waals surface area contributed by atoms with Crippen molar-refractivity contribution in [2.45, 2.75) is 83.3 Å². The van der Waals surface area contributed by atoms with Crippen molar-refractivity contribution >= 4 is 18.0 Å². The predicted molar refractivity (Wildman–Crippen MR) is 182 cm³/mol. The van der Waals surface area contributed by atoms with E-state index in [4.69, 9.17) is 9.47 Å². The molecule has 4 fully saturated rings. The summed E-state index contributed by atoms with van der Waals surface area (Å²) >= 11 is 0. The number of rotatable bonds is 9. The van der Waals surface area contributed by atoms with E-state index in [1.807, 2.05) is 6.07 Å². The van der Waals surface area contributed by atoms with E-state index < -0.39 is 52.5 Å². The van der Waals surface area contributed by atoms with Crippen LogP contribution in [0.2, 0.25) is 0 Å². The Morgan fingerprint density at radius 2 is 1.80 bits per heavy atom. The molecule has 50 heavy (non-hydrogen) atoms. The first-order chi connectivity index (χ1) is 23.8. The molecule has 0 aromatic heterocycles. The predicted octanol–water partition coefficient (Wildman–Crippen LogP) is 7.41. The zero-order valence-electron chi connectivity index (χ0n) is 28.8. The lowest BCUT2D eigenvalue weighted by molar-refractivity contribution is -0.966. The van der Waals surface area contributed by atoms with Gasteiger partial charge < -0.3 is 24.4 Å². The number of benzene rings is 2. The maximum Gasteiger partial charge on any atom is 0.421 e. The molecule has 2 bridgehead atoms. The van der Waals surface area contributed by atoms with Crippen LogP contribution < -0.4 is 5.32 Å². The van der Waals surface area contributed by atoms with Gasteiger partial charge in [0.05, 0.1) is 31.8 Å². The second-order valence-corrected chi connectivity index (χ2v) is 15.4. The van der Waals surface area contributed by atoms with Gasteiger partial charge in [0, 0.05) is 55.4 Å². The number of esters is 1. The first kappa shape index (κ1) is 34.6. The number of ether oxygens (including phenoxy) is 2. The molecule has 10 heteroatoms. The van der Waals surface area contributed by atoms with Crippen LogP contribution in [0.5, 0.6) is 0 Å². The van der Waals surface area contributed by atoms with Gasteiger partial charge >= 0.3 is 12.1 Å². The van der Waals surface area contributed by atoms with Gasteiger partial charge in [-0.3, -0.25) is 9.59 Å². The van der Waals surface area contributed by atoms with E-state index in [1.165, 1.54) is 30.7 Å². The van der Waals surface area contributed by atoms with Crippen LogP contribution in [-0.2, 0) is 25.5 Å². The first-order valence-corrected chi connectivity index (χ1v) is 17.9. The number of aliphatic hydroxyl groups excluding tert-OH is 1. The van der Waals surface area contributed by atoms with Crippen LogP contribution in [0.25, 0.3) is 6.08 Å². The fourth-order valence-corrected chi connectivity index (χ4v) is 10.5. The SMILES string of the molecule is CC(=O)OC1=C2C[C@@H]3[C@@H]4CCC[C@@H]5OC(NC(=O)C(=Cc6ccccc6)C(F)(F)F)(C(O)=C1)C2[C@@]54CC[N+]3(CCc1ccccc1)CC(C)C. The fourth-order valence-electron chi connectivity index (χ4n) is 10.5. The highest BCUT2D eigenvalue weighted by Gasteiger charge is 2.77. The molecular formula is C40H46F3N2O5+. The standard InChI is InChI=1S/C40H45F3N2O5/c1-25(2)24-45(19-17-27-11-6-4-7-12-27)20-18-38-30-15-10-16-35(38)50-39(34(47)23-33(49-26(3)46)29(36(38)39)22-32(30)45)44-37(48)31(40(41,42)43)21-28-13-8-5-9-14-28/h4-9,11-14,21,23,25,30,32,35-36H,10,15-20,22,24H2,1-3H3,(H-,44,47,48)/p+1/t30-,32+,35-,36?,38+,39?,45?/m0/s1. The van der Waals surface area contributed by atoms with E-state index in [-0.39, 0.29) is 23.3 Å². The maximum absolute atomic E-state index is 14.6. The van der Waals surface area contributed by atoms with Crippen molar-refractivity contribution in [1.29, 1.82) is 0 Å². The minimum atomic E-state index is -4.98. The van der Waals surface area contributed by atoms with Gasteiger partial charge in [0.1, 0.15) is 17.1 Å². The number of amides is 1. The molecule has 3 unspecified atom stereocenters. The molecule has 2 N–H and O–H groups in total. The van der Waals surface area contributed by atoms with Gasteiger partial charge in [-0.15, -0.1) is 0 Å². The van der Waals surface area contributed by atoms with Crippen LogP contribution in [-0.4, -0.2) is 65.1 Å². The highest BCUT2D eigenvalue weighted by atomic mass is 19.4. The molecule has 7 rings (SSSR count). The van der Waals surface area contributed by atoms with Gasteiger partial charge in [-0.05, 0) is 35.6 Å². The van der Waals surface area contributed by atoms with Crippen LogP contribution in [0.4, 0.5) is 13.2 Å². The average molecular weight is 692 g/mol. The van der Waals surface area contributed by atoms with Crippen molar-refractivity contribution in [3.05, 3.63) is 101 Å². The number of nitrogens with one attached hydrogen (secondary N) is 1. The summed E-state index contributed by atoms with van der Waals surface area (Å²) in [6.45, 7) is 8.51. The van der Waals surface area contributed by atoms with E-state index >= 15 is 0 Å². The van der Waals surface area contributed by atoms with E-state index in [9.17, 15) is 27.9 Å². The molecule has 2 saturated heterocycles. The topological polar surface area (TPSA) is 84.9 Å². The maximum atomic E-state index is 14.6. The number of likely N-dealkylation sites (tertiary alicyclic amines) is 1. The average Bonchev–Trinajstić information content (AvgIpc) is 3.35. The highest BCUT2D eigenvalue weighted by molar-refractivity contribution is 5.99. The quantitative estimate of drug-likeness (QED) is 0.163. The van der Waals surface area contributed by atoms with Gasteiger partial charge in [-0.1, -0.05) is 80.9 Å². The van der Waals surface area contributed by atoms with E-state index in [1.54, 1.807) is 18.2 Å². The van der Waals surface area contributed by atoms with Gasteiger partial charge in [-0.2, -0.15) is 13.2 Å². The molecule has 2 aromatic carbocycles. The number of piperidine rings is 1. The van der Waals surface area contributed by atoms with Gasteiger partial charge in [0.2, 0.25) is 5.72 Å². The van der Waals surface area contributed by atoms with E-state index in [2.05, 4.69) is 43.4 Å². The third-order valence-corrected chi connectivity index (χ3v) is 12.1. The number of aliphatic hydroxyl groups is 1. The molecular weight excluding hydrogens is 645 g/mol. The Hall–Kier alpha value is -3.89. The number of allylic oxidation sites excluding steroid dienone is 1.